The van der Waals surface area contributed by atoms with Crippen LogP contribution in [0, 0.1) is 16.0 Å². The molecule has 0 amide bonds. The average Bonchev–Trinajstić information content (AvgIpc) is 2.40. The zero-order valence-corrected chi connectivity index (χ0v) is 10.5. The fraction of sp³-hybridized carbons (Fsp3) is 0.615. The van der Waals surface area contributed by atoms with E-state index in [9.17, 15) is 10.1 Å². The van der Waals surface area contributed by atoms with Crippen molar-refractivity contribution in [3.05, 3.63) is 28.4 Å². The minimum absolute atomic E-state index is 0.0823. The predicted molar refractivity (Wildman–Crippen MR) is 70.6 cm³/mol. The van der Waals surface area contributed by atoms with Crippen molar-refractivity contribution < 1.29 is 4.92 Å². The van der Waals surface area contributed by atoms with Gasteiger partial charge in [-0.2, -0.15) is 0 Å². The van der Waals surface area contributed by atoms with Crippen LogP contribution < -0.4 is 5.32 Å². The Balaban J connectivity index is 1.84. The zero-order valence-electron chi connectivity index (χ0n) is 10.5. The summed E-state index contributed by atoms with van der Waals surface area (Å²) in [5.41, 5.74) is 0.526. The van der Waals surface area contributed by atoms with Crippen molar-refractivity contribution in [2.24, 2.45) is 5.92 Å². The molecule has 1 aromatic heterocycles. The molecule has 1 heterocycles. The van der Waals surface area contributed by atoms with Crippen LogP contribution in [0.2, 0.25) is 0 Å². The molecule has 1 aromatic rings. The maximum Gasteiger partial charge on any atom is 0.386 e. The van der Waals surface area contributed by atoms with Crippen LogP contribution in [-0.4, -0.2) is 16.5 Å². The molecule has 0 spiro atoms. The van der Waals surface area contributed by atoms with Gasteiger partial charge in [-0.3, -0.25) is 0 Å². The summed E-state index contributed by atoms with van der Waals surface area (Å²) in [6.07, 6.45) is 9.16. The van der Waals surface area contributed by atoms with Gasteiger partial charge >= 0.3 is 5.82 Å². The van der Waals surface area contributed by atoms with E-state index < -0.39 is 4.92 Å². The first-order valence-electron chi connectivity index (χ1n) is 6.60. The van der Waals surface area contributed by atoms with Crippen LogP contribution in [0.1, 0.15) is 38.5 Å². The molecule has 2 rings (SSSR count). The third-order valence-corrected chi connectivity index (χ3v) is 3.55. The van der Waals surface area contributed by atoms with E-state index in [0.29, 0.717) is 5.69 Å². The van der Waals surface area contributed by atoms with Gasteiger partial charge in [0.15, 0.2) is 0 Å². The minimum Gasteiger partial charge on any atom is -0.378 e. The van der Waals surface area contributed by atoms with Crippen LogP contribution in [0.5, 0.6) is 0 Å². The maximum absolute atomic E-state index is 10.8. The van der Waals surface area contributed by atoms with E-state index in [1.807, 2.05) is 0 Å². The van der Waals surface area contributed by atoms with Crippen molar-refractivity contribution in [3.63, 3.8) is 0 Å². The molecule has 1 saturated carbocycles. The summed E-state index contributed by atoms with van der Waals surface area (Å²) in [4.78, 5) is 14.1. The Kier molecular flexibility index (Phi) is 4.50. The molecule has 0 radical (unpaired) electrons. The van der Waals surface area contributed by atoms with Gasteiger partial charge in [0.25, 0.3) is 0 Å². The third-order valence-electron chi connectivity index (χ3n) is 3.55. The zero-order chi connectivity index (χ0) is 12.8. The summed E-state index contributed by atoms with van der Waals surface area (Å²) in [6.45, 7) is 0.789. The van der Waals surface area contributed by atoms with E-state index in [4.69, 9.17) is 0 Å². The minimum atomic E-state index is -0.442. The molecule has 98 valence electrons. The first kappa shape index (κ1) is 12.8. The molecule has 0 atom stereocenters. The highest BCUT2D eigenvalue weighted by Gasteiger charge is 2.15. The topological polar surface area (TPSA) is 68.1 Å². The number of aromatic nitrogens is 1. The van der Waals surface area contributed by atoms with Crippen molar-refractivity contribution in [1.29, 1.82) is 0 Å². The Bertz CT molecular complexity index is 403. The van der Waals surface area contributed by atoms with Gasteiger partial charge in [-0.15, -0.1) is 0 Å². The van der Waals surface area contributed by atoms with E-state index in [1.165, 1.54) is 38.3 Å². The molecule has 1 fully saturated rings. The molecule has 5 heteroatoms. The molecule has 0 aromatic carbocycles. The third kappa shape index (κ3) is 3.42. The second kappa shape index (κ2) is 6.33. The average molecular weight is 249 g/mol. The molecule has 0 aliphatic heterocycles. The summed E-state index contributed by atoms with van der Waals surface area (Å²) in [7, 11) is 0. The van der Waals surface area contributed by atoms with Gasteiger partial charge in [-0.05, 0) is 34.4 Å². The molecule has 0 unspecified atom stereocenters. The number of hydrogen-bond acceptors (Lipinski definition) is 4. The molecule has 0 saturated heterocycles. The van der Waals surface area contributed by atoms with Crippen LogP contribution >= 0.6 is 0 Å². The Morgan fingerprint density at radius 1 is 1.39 bits per heavy atom. The van der Waals surface area contributed by atoms with Gasteiger partial charge in [0.1, 0.15) is 11.9 Å². The lowest BCUT2D eigenvalue weighted by atomic mass is 9.87. The van der Waals surface area contributed by atoms with E-state index >= 15 is 0 Å². The Hall–Kier alpha value is -1.65. The maximum atomic E-state index is 10.8. The number of hydrogen-bond donors (Lipinski definition) is 1. The van der Waals surface area contributed by atoms with Crippen molar-refractivity contribution in [3.8, 4) is 0 Å². The highest BCUT2D eigenvalue weighted by molar-refractivity contribution is 5.56. The number of nitrogens with zero attached hydrogens (tertiary/aromatic N) is 2. The predicted octanol–water partition coefficient (Wildman–Crippen LogP) is 3.37. The van der Waals surface area contributed by atoms with E-state index in [2.05, 4.69) is 10.3 Å². The van der Waals surface area contributed by atoms with Gasteiger partial charge in [0.2, 0.25) is 0 Å². The number of anilines is 1. The monoisotopic (exact) mass is 249 g/mol. The van der Waals surface area contributed by atoms with Crippen LogP contribution in [0.3, 0.4) is 0 Å². The lowest BCUT2D eigenvalue weighted by Gasteiger charge is -2.21. The number of nitrogens with one attached hydrogen (secondary N) is 1. The van der Waals surface area contributed by atoms with Crippen molar-refractivity contribution in [2.45, 2.75) is 38.5 Å². The van der Waals surface area contributed by atoms with Crippen LogP contribution in [0.4, 0.5) is 11.5 Å². The van der Waals surface area contributed by atoms with Crippen LogP contribution in [0.25, 0.3) is 0 Å². The lowest BCUT2D eigenvalue weighted by molar-refractivity contribution is -0.388. The lowest BCUT2D eigenvalue weighted by Crippen LogP contribution is -2.13. The number of rotatable bonds is 5. The molecule has 5 nitrogen and oxygen atoms in total. The fourth-order valence-electron chi connectivity index (χ4n) is 2.57. The smallest absolute Gasteiger partial charge is 0.378 e. The SMILES string of the molecule is O=[N+]([O-])c1ncccc1NCCC1CCCCC1. The quantitative estimate of drug-likeness (QED) is 0.641. The highest BCUT2D eigenvalue weighted by atomic mass is 16.6. The van der Waals surface area contributed by atoms with Gasteiger partial charge in [-0.25, -0.2) is 0 Å². The summed E-state index contributed by atoms with van der Waals surface area (Å²) in [6, 6.07) is 3.43. The van der Waals surface area contributed by atoms with E-state index in [0.717, 1.165) is 18.9 Å². The van der Waals surface area contributed by atoms with E-state index in [-0.39, 0.29) is 5.82 Å². The Labute approximate surface area is 107 Å². The van der Waals surface area contributed by atoms with Crippen LogP contribution in [0.15, 0.2) is 18.3 Å². The molecule has 1 N–H and O–H groups in total. The molecule has 1 aliphatic carbocycles. The molecular weight excluding hydrogens is 230 g/mol. The summed E-state index contributed by atoms with van der Waals surface area (Å²) in [5, 5.41) is 13.9. The Morgan fingerprint density at radius 2 is 2.17 bits per heavy atom. The standard InChI is InChI=1S/C13H19N3O2/c17-16(18)13-12(7-4-9-15-13)14-10-8-11-5-2-1-3-6-11/h4,7,9,11,14H,1-3,5-6,8,10H2. The first-order chi connectivity index (χ1) is 8.77. The summed E-state index contributed by atoms with van der Waals surface area (Å²) in [5.74, 6) is 0.697. The number of nitro groups is 1. The second-order valence-corrected chi connectivity index (χ2v) is 4.85. The van der Waals surface area contributed by atoms with Crippen molar-refractivity contribution in [2.75, 3.05) is 11.9 Å². The van der Waals surface area contributed by atoms with Crippen molar-refractivity contribution >= 4 is 11.5 Å². The van der Waals surface area contributed by atoms with Crippen molar-refractivity contribution in [1.82, 2.24) is 4.98 Å². The molecule has 1 aliphatic rings. The highest BCUT2D eigenvalue weighted by Crippen LogP contribution is 2.27. The fourth-order valence-corrected chi connectivity index (χ4v) is 2.57. The van der Waals surface area contributed by atoms with E-state index in [1.54, 1.807) is 12.1 Å². The molecular formula is C13H19N3O2. The number of pyridine rings is 1. The van der Waals surface area contributed by atoms with Gasteiger partial charge in [0.05, 0.1) is 0 Å². The largest absolute Gasteiger partial charge is 0.386 e. The van der Waals surface area contributed by atoms with Gasteiger partial charge < -0.3 is 15.4 Å². The first-order valence-corrected chi connectivity index (χ1v) is 6.60. The Morgan fingerprint density at radius 3 is 2.89 bits per heavy atom. The van der Waals surface area contributed by atoms with Crippen LogP contribution in [-0.2, 0) is 0 Å². The summed E-state index contributed by atoms with van der Waals surface area (Å²) < 4.78 is 0. The molecule has 0 bridgehead atoms. The van der Waals surface area contributed by atoms with Gasteiger partial charge in [-0.1, -0.05) is 32.1 Å². The second-order valence-electron chi connectivity index (χ2n) is 4.85. The molecule has 18 heavy (non-hydrogen) atoms. The normalized spacial score (nSPS) is 16.4. The summed E-state index contributed by atoms with van der Waals surface area (Å²) >= 11 is 0. The van der Waals surface area contributed by atoms with Gasteiger partial charge in [0, 0.05) is 6.54 Å².